The molecule has 0 radical (unpaired) electrons. The summed E-state index contributed by atoms with van der Waals surface area (Å²) in [6.45, 7) is 3.25. The van der Waals surface area contributed by atoms with E-state index in [2.05, 4.69) is 20.7 Å². The Morgan fingerprint density at radius 1 is 0.966 bits per heavy atom. The van der Waals surface area contributed by atoms with Crippen LogP contribution in [0.5, 0.6) is 0 Å². The number of nitrogens with one attached hydrogen (secondary N) is 3. The number of carboxylic acids is 1. The lowest BCUT2D eigenvalue weighted by atomic mass is 10.1. The summed E-state index contributed by atoms with van der Waals surface area (Å²) in [6.07, 6.45) is 3.75. The maximum Gasteiger partial charge on any atom is 0.330 e. The standard InChI is InChI=1S/C18H30N4O7/c1-4-6-11(19)16(25)21-12(7-5-2)17(26)22-13(18(27)28)10-20-14(23)8-9-15(24)29-3/h8-9,11-13H,4-7,10,19H2,1-3H3,(H,20,23)(H,21,25)(H,22,26)(H,27,28)/b9-8+/t11-,12-,13-/m0/s1. The largest absolute Gasteiger partial charge is 0.480 e. The minimum absolute atomic E-state index is 0.289. The van der Waals surface area contributed by atoms with Crippen LogP contribution in [0.2, 0.25) is 0 Å². The van der Waals surface area contributed by atoms with Crippen molar-refractivity contribution in [2.24, 2.45) is 5.73 Å². The molecule has 0 bridgehead atoms. The van der Waals surface area contributed by atoms with Gasteiger partial charge in [-0.2, -0.15) is 0 Å². The third-order valence-corrected chi connectivity index (χ3v) is 3.81. The lowest BCUT2D eigenvalue weighted by Gasteiger charge is -2.22. The Bertz CT molecular complexity index is 621. The second kappa shape index (κ2) is 14.1. The molecule has 0 spiro atoms. The van der Waals surface area contributed by atoms with E-state index in [4.69, 9.17) is 5.73 Å². The summed E-state index contributed by atoms with van der Waals surface area (Å²) in [5.74, 6) is -4.05. The molecule has 0 rings (SSSR count). The predicted octanol–water partition coefficient (Wildman–Crippen LogP) is -1.19. The molecule has 0 aliphatic heterocycles. The number of amides is 3. The number of esters is 1. The summed E-state index contributed by atoms with van der Waals surface area (Å²) in [5, 5.41) is 16.4. The molecule has 3 amide bonds. The van der Waals surface area contributed by atoms with Crippen molar-refractivity contribution in [1.29, 1.82) is 0 Å². The van der Waals surface area contributed by atoms with Crippen molar-refractivity contribution < 1.29 is 33.8 Å². The Hall–Kier alpha value is -2.95. The summed E-state index contributed by atoms with van der Waals surface area (Å²) >= 11 is 0. The third-order valence-electron chi connectivity index (χ3n) is 3.81. The number of carboxylic acid groups (broad SMARTS) is 1. The molecule has 11 nitrogen and oxygen atoms in total. The van der Waals surface area contributed by atoms with Crippen LogP contribution in [-0.4, -0.2) is 66.5 Å². The molecular weight excluding hydrogens is 384 g/mol. The highest BCUT2D eigenvalue weighted by atomic mass is 16.5. The first-order chi connectivity index (χ1) is 13.7. The van der Waals surface area contributed by atoms with Gasteiger partial charge in [-0.15, -0.1) is 0 Å². The molecule has 0 unspecified atom stereocenters. The van der Waals surface area contributed by atoms with Gasteiger partial charge in [0, 0.05) is 18.7 Å². The molecule has 0 aromatic carbocycles. The number of hydrogen-bond acceptors (Lipinski definition) is 7. The van der Waals surface area contributed by atoms with E-state index >= 15 is 0 Å². The first kappa shape index (κ1) is 26.1. The quantitative estimate of drug-likeness (QED) is 0.184. The molecule has 6 N–H and O–H groups in total. The van der Waals surface area contributed by atoms with Crippen LogP contribution in [0, 0.1) is 0 Å². The molecule has 0 heterocycles. The smallest absolute Gasteiger partial charge is 0.330 e. The monoisotopic (exact) mass is 414 g/mol. The maximum absolute atomic E-state index is 12.4. The Morgan fingerprint density at radius 3 is 2.07 bits per heavy atom. The van der Waals surface area contributed by atoms with E-state index in [9.17, 15) is 29.1 Å². The predicted molar refractivity (Wildman–Crippen MR) is 103 cm³/mol. The van der Waals surface area contributed by atoms with E-state index in [0.29, 0.717) is 19.3 Å². The number of methoxy groups -OCH3 is 1. The molecule has 3 atom stereocenters. The van der Waals surface area contributed by atoms with E-state index in [1.807, 2.05) is 6.92 Å². The van der Waals surface area contributed by atoms with E-state index in [0.717, 1.165) is 19.3 Å². The van der Waals surface area contributed by atoms with E-state index in [1.54, 1.807) is 6.92 Å². The Kier molecular flexibility index (Phi) is 12.7. The minimum Gasteiger partial charge on any atom is -0.480 e. The molecule has 0 aromatic heterocycles. The van der Waals surface area contributed by atoms with Crippen LogP contribution in [0.3, 0.4) is 0 Å². The van der Waals surface area contributed by atoms with Gasteiger partial charge in [0.2, 0.25) is 17.7 Å². The van der Waals surface area contributed by atoms with E-state index < -0.39 is 54.3 Å². The van der Waals surface area contributed by atoms with Gasteiger partial charge in [0.1, 0.15) is 12.1 Å². The van der Waals surface area contributed by atoms with Crippen LogP contribution in [-0.2, 0) is 28.7 Å². The zero-order valence-corrected chi connectivity index (χ0v) is 16.9. The van der Waals surface area contributed by atoms with E-state index in [1.165, 1.54) is 0 Å². The summed E-state index contributed by atoms with van der Waals surface area (Å²) in [7, 11) is 1.14. The molecule has 29 heavy (non-hydrogen) atoms. The molecule has 0 aliphatic carbocycles. The van der Waals surface area contributed by atoms with Gasteiger partial charge in [0.05, 0.1) is 13.2 Å². The van der Waals surface area contributed by atoms with Crippen molar-refractivity contribution in [3.05, 3.63) is 12.2 Å². The fraction of sp³-hybridized carbons (Fsp3) is 0.611. The van der Waals surface area contributed by atoms with Gasteiger partial charge >= 0.3 is 11.9 Å². The maximum atomic E-state index is 12.4. The van der Waals surface area contributed by atoms with Crippen LogP contribution in [0.15, 0.2) is 12.2 Å². The van der Waals surface area contributed by atoms with Gasteiger partial charge in [-0.1, -0.05) is 26.7 Å². The van der Waals surface area contributed by atoms with Crippen molar-refractivity contribution in [2.75, 3.05) is 13.7 Å². The Morgan fingerprint density at radius 2 is 1.55 bits per heavy atom. The zero-order chi connectivity index (χ0) is 22.4. The van der Waals surface area contributed by atoms with Crippen LogP contribution in [0.1, 0.15) is 39.5 Å². The number of hydrogen-bond donors (Lipinski definition) is 5. The number of ether oxygens (including phenoxy) is 1. The molecule has 0 aliphatic rings. The topological polar surface area (TPSA) is 177 Å². The normalized spacial score (nSPS) is 13.8. The van der Waals surface area contributed by atoms with Crippen molar-refractivity contribution in [1.82, 2.24) is 16.0 Å². The van der Waals surface area contributed by atoms with Gasteiger partial charge in [0.15, 0.2) is 0 Å². The number of nitrogens with two attached hydrogens (primary N) is 1. The van der Waals surface area contributed by atoms with Crippen molar-refractivity contribution in [3.63, 3.8) is 0 Å². The highest BCUT2D eigenvalue weighted by Crippen LogP contribution is 2.01. The third kappa shape index (κ3) is 10.8. The van der Waals surface area contributed by atoms with Gasteiger partial charge in [-0.25, -0.2) is 9.59 Å². The highest BCUT2D eigenvalue weighted by Gasteiger charge is 2.27. The lowest BCUT2D eigenvalue weighted by molar-refractivity contribution is -0.142. The summed E-state index contributed by atoms with van der Waals surface area (Å²) in [6, 6.07) is -3.14. The molecule has 0 fully saturated rings. The number of carbonyl (C=O) groups excluding carboxylic acids is 4. The Labute approximate surface area is 169 Å². The lowest BCUT2D eigenvalue weighted by Crippen LogP contribution is -2.56. The number of carbonyl (C=O) groups is 5. The van der Waals surface area contributed by atoms with Crippen molar-refractivity contribution in [2.45, 2.75) is 57.7 Å². The molecule has 11 heteroatoms. The Balaban J connectivity index is 4.91. The molecular formula is C18H30N4O7. The number of aliphatic carboxylic acids is 1. The SMILES string of the molecule is CCC[C@H](NC(=O)[C@@H](N)CCC)C(=O)N[C@@H](CNC(=O)/C=C/C(=O)OC)C(=O)O. The van der Waals surface area contributed by atoms with Crippen LogP contribution < -0.4 is 21.7 Å². The fourth-order valence-electron chi connectivity index (χ4n) is 2.22. The molecule has 0 saturated heterocycles. The van der Waals surface area contributed by atoms with Gasteiger partial charge in [-0.3, -0.25) is 14.4 Å². The molecule has 0 saturated carbocycles. The average molecular weight is 414 g/mol. The van der Waals surface area contributed by atoms with Crippen LogP contribution in [0.4, 0.5) is 0 Å². The van der Waals surface area contributed by atoms with E-state index in [-0.39, 0.29) is 6.42 Å². The number of rotatable bonds is 13. The van der Waals surface area contributed by atoms with Crippen molar-refractivity contribution in [3.8, 4) is 0 Å². The molecule has 164 valence electrons. The zero-order valence-electron chi connectivity index (χ0n) is 16.9. The summed E-state index contributed by atoms with van der Waals surface area (Å²) < 4.78 is 4.33. The fourth-order valence-corrected chi connectivity index (χ4v) is 2.22. The average Bonchev–Trinajstić information content (AvgIpc) is 2.68. The first-order valence-electron chi connectivity index (χ1n) is 9.29. The second-order valence-electron chi connectivity index (χ2n) is 6.25. The highest BCUT2D eigenvalue weighted by molar-refractivity contribution is 5.95. The van der Waals surface area contributed by atoms with Gasteiger partial charge in [-0.05, 0) is 12.8 Å². The van der Waals surface area contributed by atoms with Crippen LogP contribution >= 0.6 is 0 Å². The second-order valence-corrected chi connectivity index (χ2v) is 6.25. The van der Waals surface area contributed by atoms with Crippen molar-refractivity contribution >= 4 is 29.7 Å². The van der Waals surface area contributed by atoms with Gasteiger partial charge < -0.3 is 31.5 Å². The minimum atomic E-state index is -1.43. The summed E-state index contributed by atoms with van der Waals surface area (Å²) in [5.41, 5.74) is 5.74. The first-order valence-corrected chi connectivity index (χ1v) is 9.29. The molecule has 0 aromatic rings. The van der Waals surface area contributed by atoms with Gasteiger partial charge in [0.25, 0.3) is 0 Å². The van der Waals surface area contributed by atoms with Crippen LogP contribution in [0.25, 0.3) is 0 Å². The summed E-state index contributed by atoms with van der Waals surface area (Å²) in [4.78, 5) is 58.5.